The second-order valence-corrected chi connectivity index (χ2v) is 4.26. The van der Waals surface area contributed by atoms with Crippen LogP contribution >= 0.6 is 0 Å². The van der Waals surface area contributed by atoms with Gasteiger partial charge in [0.2, 0.25) is 11.5 Å². The molecule has 0 saturated carbocycles. The number of amides is 2. The van der Waals surface area contributed by atoms with Gasteiger partial charge in [0, 0.05) is 32.7 Å². The van der Waals surface area contributed by atoms with Crippen molar-refractivity contribution in [3.8, 4) is 0 Å². The summed E-state index contributed by atoms with van der Waals surface area (Å²) >= 11 is 0. The Hall–Kier alpha value is -2.15. The molecule has 0 bridgehead atoms. The molecule has 0 radical (unpaired) electrons. The van der Waals surface area contributed by atoms with E-state index in [-0.39, 0.29) is 23.1 Å². The van der Waals surface area contributed by atoms with Gasteiger partial charge in [-0.3, -0.25) is 14.4 Å². The Morgan fingerprint density at radius 1 is 1.42 bits per heavy atom. The number of aromatic nitrogens is 1. The van der Waals surface area contributed by atoms with Crippen LogP contribution in [0.5, 0.6) is 0 Å². The first-order valence-electron chi connectivity index (χ1n) is 6.06. The first-order chi connectivity index (χ1) is 9.13. The lowest BCUT2D eigenvalue weighted by molar-refractivity contribution is -0.125. The Morgan fingerprint density at radius 2 is 2.21 bits per heavy atom. The Kier molecular flexibility index (Phi) is 3.96. The summed E-state index contributed by atoms with van der Waals surface area (Å²) in [5, 5.41) is 5.61. The van der Waals surface area contributed by atoms with Gasteiger partial charge in [0.05, 0.1) is 0 Å². The lowest BCUT2D eigenvalue weighted by Gasteiger charge is -2.34. The van der Waals surface area contributed by atoms with Gasteiger partial charge in [-0.15, -0.1) is 0 Å². The summed E-state index contributed by atoms with van der Waals surface area (Å²) in [6, 6.07) is 3.83. The predicted octanol–water partition coefficient (Wildman–Crippen LogP) is -1.47. The fraction of sp³-hybridized carbons (Fsp3) is 0.417. The zero-order chi connectivity index (χ0) is 13.8. The number of carbonyl (C=O) groups excluding carboxylic acids is 2. The minimum absolute atomic E-state index is 0.198. The van der Waals surface area contributed by atoms with E-state index >= 15 is 0 Å². The van der Waals surface area contributed by atoms with Crippen molar-refractivity contribution in [1.29, 1.82) is 0 Å². The van der Waals surface area contributed by atoms with Crippen molar-refractivity contribution in [1.82, 2.24) is 20.5 Å². The summed E-state index contributed by atoms with van der Waals surface area (Å²) in [6.45, 7) is 1.45. The number of aromatic amines is 1. The smallest absolute Gasteiger partial charge is 0.271 e. The molecule has 7 nitrogen and oxygen atoms in total. The van der Waals surface area contributed by atoms with Crippen molar-refractivity contribution in [2.75, 3.05) is 26.7 Å². The molecule has 0 spiro atoms. The van der Waals surface area contributed by atoms with E-state index in [4.69, 9.17) is 0 Å². The van der Waals surface area contributed by atoms with Crippen LogP contribution in [0.4, 0.5) is 0 Å². The first-order valence-corrected chi connectivity index (χ1v) is 6.06. The number of nitrogens with zero attached hydrogens (tertiary/aromatic N) is 1. The molecule has 1 fully saturated rings. The summed E-state index contributed by atoms with van der Waals surface area (Å²) in [5.74, 6) is -0.563. The van der Waals surface area contributed by atoms with Gasteiger partial charge < -0.3 is 20.5 Å². The molecule has 1 aliphatic rings. The fourth-order valence-corrected chi connectivity index (χ4v) is 2.08. The van der Waals surface area contributed by atoms with E-state index in [1.807, 2.05) is 0 Å². The lowest BCUT2D eigenvalue weighted by atomic mass is 10.1. The number of pyridine rings is 1. The number of likely N-dealkylation sites (N-methyl/N-ethyl adjacent to an activating group) is 1. The third-order valence-corrected chi connectivity index (χ3v) is 3.05. The van der Waals surface area contributed by atoms with Gasteiger partial charge in [0.1, 0.15) is 11.7 Å². The molecule has 1 atom stereocenters. The zero-order valence-electron chi connectivity index (χ0n) is 10.6. The average molecular weight is 264 g/mol. The van der Waals surface area contributed by atoms with Crippen LogP contribution in [-0.4, -0.2) is 54.4 Å². The molecule has 2 heterocycles. The number of nitrogens with one attached hydrogen (secondary N) is 3. The van der Waals surface area contributed by atoms with Gasteiger partial charge in [-0.25, -0.2) is 0 Å². The molecule has 19 heavy (non-hydrogen) atoms. The summed E-state index contributed by atoms with van der Waals surface area (Å²) in [4.78, 5) is 39.3. The van der Waals surface area contributed by atoms with Crippen LogP contribution < -0.4 is 16.2 Å². The normalized spacial score (nSPS) is 19.0. The third kappa shape index (κ3) is 2.82. The highest BCUT2D eigenvalue weighted by molar-refractivity contribution is 5.96. The quantitative estimate of drug-likeness (QED) is 0.608. The highest BCUT2D eigenvalue weighted by atomic mass is 16.2. The van der Waals surface area contributed by atoms with Crippen molar-refractivity contribution in [3.05, 3.63) is 34.2 Å². The lowest BCUT2D eigenvalue weighted by Crippen LogP contribution is -2.59. The second kappa shape index (κ2) is 5.66. The minimum atomic E-state index is -0.560. The molecular formula is C12H16N4O3. The van der Waals surface area contributed by atoms with Crippen molar-refractivity contribution in [3.63, 3.8) is 0 Å². The Balaban J connectivity index is 2.25. The fourth-order valence-electron chi connectivity index (χ4n) is 2.08. The number of hydrogen-bond acceptors (Lipinski definition) is 4. The highest BCUT2D eigenvalue weighted by Gasteiger charge is 2.32. The van der Waals surface area contributed by atoms with Gasteiger partial charge in [-0.05, 0) is 6.07 Å². The van der Waals surface area contributed by atoms with Gasteiger partial charge in [0.25, 0.3) is 5.91 Å². The van der Waals surface area contributed by atoms with Crippen molar-refractivity contribution >= 4 is 11.8 Å². The molecule has 102 valence electrons. The van der Waals surface area contributed by atoms with Crippen molar-refractivity contribution in [2.24, 2.45) is 0 Å². The van der Waals surface area contributed by atoms with Gasteiger partial charge >= 0.3 is 0 Å². The van der Waals surface area contributed by atoms with Crippen LogP contribution in [-0.2, 0) is 4.79 Å². The molecule has 3 N–H and O–H groups in total. The molecule has 1 aromatic heterocycles. The standard InChI is InChI=1S/C12H16N4O3/c1-13-11(18)9-7-14-5-6-16(9)12(19)8-3-2-4-10(17)15-8/h2-4,9,14H,5-7H2,1H3,(H,13,18)(H,15,17). The number of H-pyrrole nitrogens is 1. The van der Waals surface area contributed by atoms with Crippen LogP contribution in [0, 0.1) is 0 Å². The summed E-state index contributed by atoms with van der Waals surface area (Å²) < 4.78 is 0. The largest absolute Gasteiger partial charge is 0.357 e. The third-order valence-electron chi connectivity index (χ3n) is 3.05. The van der Waals surface area contributed by atoms with Crippen LogP contribution in [0.3, 0.4) is 0 Å². The maximum atomic E-state index is 12.3. The van der Waals surface area contributed by atoms with Crippen LogP contribution in [0.15, 0.2) is 23.0 Å². The van der Waals surface area contributed by atoms with Gasteiger partial charge in [-0.2, -0.15) is 0 Å². The van der Waals surface area contributed by atoms with E-state index in [1.54, 1.807) is 0 Å². The Morgan fingerprint density at radius 3 is 2.89 bits per heavy atom. The van der Waals surface area contributed by atoms with Gasteiger partial charge in [-0.1, -0.05) is 6.07 Å². The summed E-state index contributed by atoms with van der Waals surface area (Å²) in [6.07, 6.45) is 0. The van der Waals surface area contributed by atoms with Crippen LogP contribution in [0.1, 0.15) is 10.5 Å². The van der Waals surface area contributed by atoms with Crippen molar-refractivity contribution in [2.45, 2.75) is 6.04 Å². The SMILES string of the molecule is CNC(=O)C1CNCCN1C(=O)c1cccc(=O)[nH]1. The highest BCUT2D eigenvalue weighted by Crippen LogP contribution is 2.08. The predicted molar refractivity (Wildman–Crippen MR) is 68.8 cm³/mol. The number of hydrogen-bond donors (Lipinski definition) is 3. The number of rotatable bonds is 2. The monoisotopic (exact) mass is 264 g/mol. The number of piperazine rings is 1. The number of carbonyl (C=O) groups is 2. The van der Waals surface area contributed by atoms with E-state index in [0.717, 1.165) is 0 Å². The van der Waals surface area contributed by atoms with E-state index in [2.05, 4.69) is 15.6 Å². The molecule has 1 aromatic rings. The molecule has 0 aliphatic carbocycles. The molecule has 7 heteroatoms. The molecule has 2 amide bonds. The Labute approximate surface area is 110 Å². The van der Waals surface area contributed by atoms with E-state index in [9.17, 15) is 14.4 Å². The van der Waals surface area contributed by atoms with Gasteiger partial charge in [0.15, 0.2) is 0 Å². The molecule has 2 rings (SSSR count). The summed E-state index contributed by atoms with van der Waals surface area (Å²) in [5.41, 5.74) is -0.138. The Bertz CT molecular complexity index is 540. The van der Waals surface area contributed by atoms with E-state index < -0.39 is 6.04 Å². The van der Waals surface area contributed by atoms with E-state index in [1.165, 1.54) is 30.1 Å². The average Bonchev–Trinajstić information content (AvgIpc) is 2.45. The molecular weight excluding hydrogens is 248 g/mol. The van der Waals surface area contributed by atoms with Crippen molar-refractivity contribution < 1.29 is 9.59 Å². The maximum absolute atomic E-state index is 12.3. The maximum Gasteiger partial charge on any atom is 0.271 e. The van der Waals surface area contributed by atoms with E-state index in [0.29, 0.717) is 19.6 Å². The second-order valence-electron chi connectivity index (χ2n) is 4.26. The zero-order valence-corrected chi connectivity index (χ0v) is 10.6. The topological polar surface area (TPSA) is 94.3 Å². The first kappa shape index (κ1) is 13.3. The minimum Gasteiger partial charge on any atom is -0.357 e. The molecule has 1 aliphatic heterocycles. The summed E-state index contributed by atoms with van der Waals surface area (Å²) in [7, 11) is 1.53. The van der Waals surface area contributed by atoms with Crippen LogP contribution in [0.25, 0.3) is 0 Å². The molecule has 1 unspecified atom stereocenters. The van der Waals surface area contributed by atoms with Crippen LogP contribution in [0.2, 0.25) is 0 Å². The molecule has 1 saturated heterocycles. The molecule has 0 aromatic carbocycles.